The average Bonchev–Trinajstić information content (AvgIpc) is 3.32. The Kier molecular flexibility index (Phi) is 5.83. The van der Waals surface area contributed by atoms with Crippen molar-refractivity contribution in [3.05, 3.63) is 63.4 Å². The molecule has 0 saturated heterocycles. The van der Waals surface area contributed by atoms with Gasteiger partial charge in [0.1, 0.15) is 11.6 Å². The average molecular weight is 412 g/mol. The number of imidazole rings is 1. The number of nitro groups is 1. The molecule has 0 aliphatic heterocycles. The predicted molar refractivity (Wildman–Crippen MR) is 105 cm³/mol. The topological polar surface area (TPSA) is 127 Å². The molecule has 28 heavy (non-hydrogen) atoms. The first kappa shape index (κ1) is 19.3. The number of nitrogens with one attached hydrogen (secondary N) is 1. The zero-order valence-electron chi connectivity index (χ0n) is 14.4. The second kappa shape index (κ2) is 8.47. The molecule has 1 aromatic carbocycles. The normalized spacial score (nSPS) is 11.1. The molecule has 0 bridgehead atoms. The van der Waals surface area contributed by atoms with Gasteiger partial charge in [-0.2, -0.15) is 5.26 Å². The fraction of sp³-hybridized carbons (Fsp3) is 0.0588. The number of carbonyl (C=O) groups is 1. The molecule has 0 radical (unpaired) electrons. The Morgan fingerprint density at radius 2 is 2.25 bits per heavy atom. The first-order chi connectivity index (χ1) is 13.5. The van der Waals surface area contributed by atoms with Crippen molar-refractivity contribution < 1.29 is 9.72 Å². The van der Waals surface area contributed by atoms with Crippen molar-refractivity contribution in [2.75, 3.05) is 5.32 Å². The summed E-state index contributed by atoms with van der Waals surface area (Å²) in [6.45, 7) is 0. The SMILES string of the molecule is Cn1ccnc1Sc1ccc(C=C(C#N)C(=O)Nc2nccs2)cc1[N+](=O)[O-]. The number of benzene rings is 1. The van der Waals surface area contributed by atoms with Crippen LogP contribution < -0.4 is 5.32 Å². The third kappa shape index (κ3) is 4.43. The van der Waals surface area contributed by atoms with Gasteiger partial charge in [-0.3, -0.25) is 20.2 Å². The summed E-state index contributed by atoms with van der Waals surface area (Å²) in [6.07, 6.45) is 6.17. The molecular formula is C17H12N6O3S2. The number of carbonyl (C=O) groups excluding carboxylic acids is 1. The highest BCUT2D eigenvalue weighted by Crippen LogP contribution is 2.34. The minimum atomic E-state index is -0.633. The Bertz CT molecular complexity index is 1100. The summed E-state index contributed by atoms with van der Waals surface area (Å²) in [5, 5.41) is 25.9. The standard InChI is InChI=1S/C17H12N6O3S2/c1-22-6-4-20-17(22)28-14-3-2-11(9-13(14)23(25)26)8-12(10-18)15(24)21-16-19-5-7-27-16/h2-9H,1H3,(H,19,21,24). The summed E-state index contributed by atoms with van der Waals surface area (Å²) in [5.74, 6) is -0.633. The van der Waals surface area contributed by atoms with Gasteiger partial charge in [-0.15, -0.1) is 11.3 Å². The smallest absolute Gasteiger partial charge is 0.283 e. The maximum atomic E-state index is 12.2. The summed E-state index contributed by atoms with van der Waals surface area (Å²) in [4.78, 5) is 31.6. The van der Waals surface area contributed by atoms with Crippen LogP contribution in [-0.4, -0.2) is 25.4 Å². The highest BCUT2D eigenvalue weighted by atomic mass is 32.2. The Morgan fingerprint density at radius 3 is 2.86 bits per heavy atom. The minimum Gasteiger partial charge on any atom is -0.329 e. The number of anilines is 1. The molecule has 11 heteroatoms. The zero-order valence-corrected chi connectivity index (χ0v) is 16.0. The van der Waals surface area contributed by atoms with Crippen molar-refractivity contribution in [1.82, 2.24) is 14.5 Å². The monoisotopic (exact) mass is 412 g/mol. The fourth-order valence-electron chi connectivity index (χ4n) is 2.17. The lowest BCUT2D eigenvalue weighted by atomic mass is 10.1. The van der Waals surface area contributed by atoms with E-state index < -0.39 is 10.8 Å². The van der Waals surface area contributed by atoms with Gasteiger partial charge in [-0.25, -0.2) is 9.97 Å². The van der Waals surface area contributed by atoms with Crippen molar-refractivity contribution >= 4 is 45.9 Å². The van der Waals surface area contributed by atoms with E-state index in [0.717, 1.165) is 11.8 Å². The van der Waals surface area contributed by atoms with Gasteiger partial charge < -0.3 is 4.57 Å². The maximum Gasteiger partial charge on any atom is 0.283 e. The summed E-state index contributed by atoms with van der Waals surface area (Å²) in [5.41, 5.74) is 0.0371. The van der Waals surface area contributed by atoms with Crippen LogP contribution in [0.2, 0.25) is 0 Å². The molecule has 0 aliphatic carbocycles. The van der Waals surface area contributed by atoms with E-state index >= 15 is 0 Å². The van der Waals surface area contributed by atoms with Crippen LogP contribution in [0.25, 0.3) is 6.08 Å². The number of nitro benzene ring substituents is 1. The van der Waals surface area contributed by atoms with Gasteiger partial charge in [0.2, 0.25) is 0 Å². The quantitative estimate of drug-likeness (QED) is 0.284. The van der Waals surface area contributed by atoms with Crippen LogP contribution in [0.5, 0.6) is 0 Å². The van der Waals surface area contributed by atoms with Crippen molar-refractivity contribution in [1.29, 1.82) is 5.26 Å². The Hall–Kier alpha value is -3.49. The first-order valence-electron chi connectivity index (χ1n) is 7.74. The van der Waals surface area contributed by atoms with Crippen LogP contribution in [0.1, 0.15) is 5.56 Å². The minimum absolute atomic E-state index is 0.139. The molecule has 2 heterocycles. The third-order valence-corrected chi connectivity index (χ3v) is 5.32. The molecule has 0 atom stereocenters. The highest BCUT2D eigenvalue weighted by molar-refractivity contribution is 7.99. The molecule has 9 nitrogen and oxygen atoms in total. The molecule has 1 N–H and O–H groups in total. The number of rotatable bonds is 6. The van der Waals surface area contributed by atoms with E-state index in [1.807, 2.05) is 6.07 Å². The van der Waals surface area contributed by atoms with Gasteiger partial charge >= 0.3 is 0 Å². The van der Waals surface area contributed by atoms with Crippen molar-refractivity contribution in [3.63, 3.8) is 0 Å². The third-order valence-electron chi connectivity index (χ3n) is 3.49. The van der Waals surface area contributed by atoms with Crippen LogP contribution in [0.4, 0.5) is 10.8 Å². The van der Waals surface area contributed by atoms with Crippen molar-refractivity contribution in [3.8, 4) is 6.07 Å². The molecule has 3 aromatic rings. The second-order valence-corrected chi connectivity index (χ2v) is 7.27. The van der Waals surface area contributed by atoms with Crippen LogP contribution in [0.15, 0.2) is 57.8 Å². The zero-order chi connectivity index (χ0) is 20.1. The van der Waals surface area contributed by atoms with Gasteiger partial charge in [0.25, 0.3) is 11.6 Å². The van der Waals surface area contributed by atoms with Gasteiger partial charge in [0, 0.05) is 37.1 Å². The van der Waals surface area contributed by atoms with Gasteiger partial charge in [-0.05, 0) is 29.5 Å². The molecular weight excluding hydrogens is 400 g/mol. The molecule has 1 amide bonds. The number of aryl methyl sites for hydroxylation is 1. The van der Waals surface area contributed by atoms with Gasteiger partial charge in [0.05, 0.1) is 9.82 Å². The largest absolute Gasteiger partial charge is 0.329 e. The van der Waals surface area contributed by atoms with Crippen molar-refractivity contribution in [2.24, 2.45) is 7.05 Å². The predicted octanol–water partition coefficient (Wildman–Crippen LogP) is 3.48. The molecule has 0 unspecified atom stereocenters. The molecule has 3 rings (SSSR count). The van der Waals surface area contributed by atoms with E-state index in [1.165, 1.54) is 29.7 Å². The van der Waals surface area contributed by atoms with E-state index in [-0.39, 0.29) is 11.3 Å². The number of thiazole rings is 1. The Morgan fingerprint density at radius 1 is 1.43 bits per heavy atom. The number of amides is 1. The lowest BCUT2D eigenvalue weighted by Gasteiger charge is -2.05. The first-order valence-corrected chi connectivity index (χ1v) is 9.44. The van der Waals surface area contributed by atoms with Crippen LogP contribution in [0.3, 0.4) is 0 Å². The van der Waals surface area contributed by atoms with Gasteiger partial charge in [-0.1, -0.05) is 6.07 Å². The van der Waals surface area contributed by atoms with E-state index in [9.17, 15) is 20.2 Å². The summed E-state index contributed by atoms with van der Waals surface area (Å²) in [7, 11) is 1.79. The summed E-state index contributed by atoms with van der Waals surface area (Å²) in [6, 6.07) is 6.30. The molecule has 0 aliphatic rings. The summed E-state index contributed by atoms with van der Waals surface area (Å²) < 4.78 is 1.75. The Balaban J connectivity index is 1.89. The number of hydrogen-bond donors (Lipinski definition) is 1. The lowest BCUT2D eigenvalue weighted by Crippen LogP contribution is -2.13. The summed E-state index contributed by atoms with van der Waals surface area (Å²) >= 11 is 2.37. The van der Waals surface area contributed by atoms with Crippen LogP contribution >= 0.6 is 23.1 Å². The van der Waals surface area contributed by atoms with E-state index in [2.05, 4.69) is 15.3 Å². The molecule has 0 saturated carbocycles. The lowest BCUT2D eigenvalue weighted by molar-refractivity contribution is -0.387. The molecule has 0 spiro atoms. The van der Waals surface area contributed by atoms with Crippen LogP contribution in [-0.2, 0) is 11.8 Å². The fourth-order valence-corrected chi connectivity index (χ4v) is 3.58. The second-order valence-electron chi connectivity index (χ2n) is 5.37. The molecule has 0 fully saturated rings. The van der Waals surface area contributed by atoms with Gasteiger partial charge in [0.15, 0.2) is 10.3 Å². The molecule has 140 valence electrons. The molecule has 2 aromatic heterocycles. The van der Waals surface area contributed by atoms with E-state index in [0.29, 0.717) is 20.7 Å². The Labute approximate surface area is 167 Å². The van der Waals surface area contributed by atoms with Crippen molar-refractivity contribution in [2.45, 2.75) is 10.1 Å². The maximum absolute atomic E-state index is 12.2. The highest BCUT2D eigenvalue weighted by Gasteiger charge is 2.18. The number of hydrogen-bond acceptors (Lipinski definition) is 8. The van der Waals surface area contributed by atoms with E-state index in [4.69, 9.17) is 0 Å². The number of nitrogens with zero attached hydrogens (tertiary/aromatic N) is 5. The number of aromatic nitrogens is 3. The van der Waals surface area contributed by atoms with Crippen LogP contribution in [0, 0.1) is 21.4 Å². The number of nitriles is 1. The van der Waals surface area contributed by atoms with E-state index in [1.54, 1.807) is 41.5 Å².